The van der Waals surface area contributed by atoms with Crippen molar-refractivity contribution >= 4 is 12.2 Å². The minimum absolute atomic E-state index is 0.628. The second-order valence-corrected chi connectivity index (χ2v) is 4.14. The van der Waals surface area contributed by atoms with Crippen LogP contribution in [-0.2, 0) is 0 Å². The number of rotatable bonds is 2. The second kappa shape index (κ2) is 8.77. The molecule has 2 unspecified atom stereocenters. The summed E-state index contributed by atoms with van der Waals surface area (Å²) in [4.78, 5) is 0. The van der Waals surface area contributed by atoms with Gasteiger partial charge in [0, 0.05) is 0 Å². The summed E-state index contributed by atoms with van der Waals surface area (Å²) in [6, 6.07) is 8.76. The zero-order chi connectivity index (χ0) is 14.8. The Kier molecular flexibility index (Phi) is 6.93. The Bertz CT molecular complexity index is 545. The van der Waals surface area contributed by atoms with Gasteiger partial charge in [0.05, 0.1) is 0 Å². The van der Waals surface area contributed by atoms with Gasteiger partial charge in [0.25, 0.3) is 0 Å². The van der Waals surface area contributed by atoms with Crippen molar-refractivity contribution in [3.63, 3.8) is 0 Å². The minimum Gasteiger partial charge on any atom is -0.381 e. The Balaban J connectivity index is 2.85. The van der Waals surface area contributed by atoms with Crippen molar-refractivity contribution < 1.29 is 10.2 Å². The van der Waals surface area contributed by atoms with Crippen molar-refractivity contribution in [3.8, 4) is 23.7 Å². The monoisotopic (exact) mass is 265 g/mol. The molecule has 2 atom stereocenters. The zero-order valence-electron chi connectivity index (χ0n) is 11.6. The predicted molar refractivity (Wildman–Crippen MR) is 82.3 cm³/mol. The third-order valence-corrected chi connectivity index (χ3v) is 2.19. The van der Waals surface area contributed by atoms with Gasteiger partial charge in [0.15, 0.2) is 0 Å². The highest BCUT2D eigenvalue weighted by molar-refractivity contribution is 5.67. The highest BCUT2D eigenvalue weighted by atomic mass is 16.3. The quantitative estimate of drug-likeness (QED) is 0.805. The molecule has 2 N–H and O–H groups in total. The summed E-state index contributed by atoms with van der Waals surface area (Å²) < 4.78 is 0. The molecule has 0 bridgehead atoms. The fourth-order valence-corrected chi connectivity index (χ4v) is 1.35. The third-order valence-electron chi connectivity index (χ3n) is 2.19. The maximum absolute atomic E-state index is 9.03. The van der Waals surface area contributed by atoms with E-state index in [1.165, 1.54) is 0 Å². The summed E-state index contributed by atoms with van der Waals surface area (Å²) in [6.45, 7) is 3.23. The molecule has 0 spiro atoms. The van der Waals surface area contributed by atoms with Crippen LogP contribution in [0.3, 0.4) is 0 Å². The van der Waals surface area contributed by atoms with E-state index in [9.17, 15) is 0 Å². The summed E-state index contributed by atoms with van der Waals surface area (Å²) in [6.07, 6.45) is 5.79. The molecule has 0 saturated heterocycles. The average Bonchev–Trinajstić information content (AvgIpc) is 2.40. The van der Waals surface area contributed by atoms with Gasteiger partial charge in [0.2, 0.25) is 0 Å². The van der Waals surface area contributed by atoms with Crippen molar-refractivity contribution in [1.82, 2.24) is 0 Å². The SMILES string of the molecule is CC(O)C#CC=Cc1[c]cccc1C=CC#CC(C)O. The molecule has 0 aliphatic rings. The Morgan fingerprint density at radius 2 is 1.65 bits per heavy atom. The molecular weight excluding hydrogens is 248 g/mol. The average molecular weight is 265 g/mol. The van der Waals surface area contributed by atoms with Gasteiger partial charge in [-0.05, 0) is 55.3 Å². The molecule has 20 heavy (non-hydrogen) atoms. The summed E-state index contributed by atoms with van der Waals surface area (Å²) >= 11 is 0. The number of allylic oxidation sites excluding steroid dienone is 2. The van der Waals surface area contributed by atoms with E-state index in [4.69, 9.17) is 10.2 Å². The molecular formula is C18H17O2. The van der Waals surface area contributed by atoms with Crippen LogP contribution in [0.15, 0.2) is 30.4 Å². The lowest BCUT2D eigenvalue weighted by atomic mass is 10.1. The standard InChI is InChI=1S/C18H17O2/c1-15(19)9-3-5-11-17-13-7-8-14-18(17)12-6-4-10-16(2)20/h5-8,11-13,15-16,19-20H,1-2H3. The molecule has 0 saturated carbocycles. The molecule has 0 aliphatic carbocycles. The van der Waals surface area contributed by atoms with E-state index in [0.29, 0.717) is 0 Å². The van der Waals surface area contributed by atoms with E-state index >= 15 is 0 Å². The summed E-state index contributed by atoms with van der Waals surface area (Å²) in [5.74, 6) is 10.8. The lowest BCUT2D eigenvalue weighted by Crippen LogP contribution is -1.91. The number of hydrogen-bond acceptors (Lipinski definition) is 2. The number of hydrogen-bond donors (Lipinski definition) is 2. The van der Waals surface area contributed by atoms with Crippen LogP contribution in [0.5, 0.6) is 0 Å². The topological polar surface area (TPSA) is 40.5 Å². The first-order chi connectivity index (χ1) is 9.59. The molecule has 0 heterocycles. The minimum atomic E-state index is -0.630. The summed E-state index contributed by atoms with van der Waals surface area (Å²) in [5.41, 5.74) is 1.85. The van der Waals surface area contributed by atoms with Gasteiger partial charge in [-0.15, -0.1) is 0 Å². The van der Waals surface area contributed by atoms with Crippen LogP contribution in [0.25, 0.3) is 12.2 Å². The Morgan fingerprint density at radius 1 is 1.05 bits per heavy atom. The van der Waals surface area contributed by atoms with Crippen molar-refractivity contribution in [3.05, 3.63) is 47.5 Å². The molecule has 1 rings (SSSR count). The van der Waals surface area contributed by atoms with Crippen LogP contribution in [0.4, 0.5) is 0 Å². The van der Waals surface area contributed by atoms with E-state index in [1.54, 1.807) is 26.0 Å². The van der Waals surface area contributed by atoms with Gasteiger partial charge in [-0.1, -0.05) is 41.9 Å². The zero-order valence-corrected chi connectivity index (χ0v) is 11.6. The van der Waals surface area contributed by atoms with Crippen LogP contribution >= 0.6 is 0 Å². The molecule has 0 fully saturated rings. The first-order valence-corrected chi connectivity index (χ1v) is 6.31. The number of benzene rings is 1. The molecule has 101 valence electrons. The van der Waals surface area contributed by atoms with Crippen molar-refractivity contribution in [2.45, 2.75) is 26.1 Å². The molecule has 1 aromatic carbocycles. The van der Waals surface area contributed by atoms with E-state index in [-0.39, 0.29) is 0 Å². The van der Waals surface area contributed by atoms with Gasteiger partial charge in [-0.3, -0.25) is 0 Å². The van der Waals surface area contributed by atoms with Crippen molar-refractivity contribution in [1.29, 1.82) is 0 Å². The predicted octanol–water partition coefficient (Wildman–Crippen LogP) is 2.28. The molecule has 0 aromatic heterocycles. The Hall–Kier alpha value is -2.26. The summed E-state index contributed by atoms with van der Waals surface area (Å²) in [7, 11) is 0. The summed E-state index contributed by atoms with van der Waals surface area (Å²) in [5, 5.41) is 18.1. The smallest absolute Gasteiger partial charge is 0.112 e. The van der Waals surface area contributed by atoms with E-state index in [0.717, 1.165) is 11.1 Å². The van der Waals surface area contributed by atoms with Crippen molar-refractivity contribution in [2.24, 2.45) is 0 Å². The van der Waals surface area contributed by atoms with Gasteiger partial charge >= 0.3 is 0 Å². The highest BCUT2D eigenvalue weighted by Gasteiger charge is 1.93. The third kappa shape index (κ3) is 6.61. The van der Waals surface area contributed by atoms with Gasteiger partial charge < -0.3 is 10.2 Å². The van der Waals surface area contributed by atoms with Crippen LogP contribution in [0.2, 0.25) is 0 Å². The maximum atomic E-state index is 9.03. The molecule has 2 heteroatoms. The molecule has 2 nitrogen and oxygen atoms in total. The first kappa shape index (κ1) is 15.8. The van der Waals surface area contributed by atoms with Gasteiger partial charge in [0.1, 0.15) is 12.2 Å². The van der Waals surface area contributed by atoms with Gasteiger partial charge in [-0.2, -0.15) is 0 Å². The van der Waals surface area contributed by atoms with Crippen LogP contribution in [0, 0.1) is 29.7 Å². The highest BCUT2D eigenvalue weighted by Crippen LogP contribution is 2.11. The fraction of sp³-hybridized carbons (Fsp3) is 0.222. The van der Waals surface area contributed by atoms with E-state index in [2.05, 4.69) is 29.7 Å². The normalized spacial score (nSPS) is 13.4. The van der Waals surface area contributed by atoms with E-state index in [1.807, 2.05) is 30.4 Å². The molecule has 0 amide bonds. The van der Waals surface area contributed by atoms with Gasteiger partial charge in [-0.25, -0.2) is 0 Å². The maximum Gasteiger partial charge on any atom is 0.112 e. The lowest BCUT2D eigenvalue weighted by molar-refractivity contribution is 0.253. The van der Waals surface area contributed by atoms with Crippen molar-refractivity contribution in [2.75, 3.05) is 0 Å². The van der Waals surface area contributed by atoms with Crippen LogP contribution in [0.1, 0.15) is 25.0 Å². The molecule has 0 aliphatic heterocycles. The largest absolute Gasteiger partial charge is 0.381 e. The second-order valence-electron chi connectivity index (χ2n) is 4.14. The van der Waals surface area contributed by atoms with Crippen LogP contribution in [-0.4, -0.2) is 22.4 Å². The van der Waals surface area contributed by atoms with Crippen LogP contribution < -0.4 is 0 Å². The Morgan fingerprint density at radius 3 is 2.25 bits per heavy atom. The number of aliphatic hydroxyl groups is 2. The van der Waals surface area contributed by atoms with E-state index < -0.39 is 12.2 Å². The Labute approximate surface area is 120 Å². The molecule has 1 radical (unpaired) electrons. The fourth-order valence-electron chi connectivity index (χ4n) is 1.35. The first-order valence-electron chi connectivity index (χ1n) is 6.31. The lowest BCUT2D eigenvalue weighted by Gasteiger charge is -1.97. The molecule has 1 aromatic rings. The number of aliphatic hydroxyl groups excluding tert-OH is 2.